The summed E-state index contributed by atoms with van der Waals surface area (Å²) in [7, 11) is 0. The number of alkyl carbamates (subject to hydrolysis) is 1. The van der Waals surface area contributed by atoms with Crippen molar-refractivity contribution in [3.63, 3.8) is 0 Å². The molecule has 0 aliphatic rings. The van der Waals surface area contributed by atoms with Gasteiger partial charge in [0.1, 0.15) is 6.61 Å². The zero-order valence-electron chi connectivity index (χ0n) is 13.1. The highest BCUT2D eigenvalue weighted by Gasteiger charge is 2.00. The number of benzene rings is 2. The van der Waals surface area contributed by atoms with Gasteiger partial charge in [-0.15, -0.1) is 0 Å². The first-order chi connectivity index (χ1) is 11.3. The van der Waals surface area contributed by atoms with E-state index < -0.39 is 6.09 Å². The number of nitrogens with one attached hydrogen (secondary N) is 1. The maximum absolute atomic E-state index is 11.6. The molecule has 0 saturated heterocycles. The lowest BCUT2D eigenvalue weighted by molar-refractivity contribution is 0.140. The van der Waals surface area contributed by atoms with Gasteiger partial charge < -0.3 is 10.1 Å². The van der Waals surface area contributed by atoms with Crippen molar-refractivity contribution in [3.8, 4) is 0 Å². The van der Waals surface area contributed by atoms with Crippen LogP contribution in [-0.2, 0) is 11.3 Å². The van der Waals surface area contributed by atoms with E-state index in [-0.39, 0.29) is 6.61 Å². The summed E-state index contributed by atoms with van der Waals surface area (Å²) in [6, 6.07) is 17.6. The highest BCUT2D eigenvalue weighted by molar-refractivity contribution is 5.67. The first-order valence-corrected chi connectivity index (χ1v) is 7.62. The highest BCUT2D eigenvalue weighted by atomic mass is 16.5. The van der Waals surface area contributed by atoms with E-state index >= 15 is 0 Å². The first-order valence-electron chi connectivity index (χ1n) is 7.62. The van der Waals surface area contributed by atoms with E-state index in [9.17, 15) is 4.79 Å². The van der Waals surface area contributed by atoms with Crippen LogP contribution in [0.3, 0.4) is 0 Å². The minimum Gasteiger partial charge on any atom is -0.445 e. The maximum atomic E-state index is 11.6. The van der Waals surface area contributed by atoms with Crippen molar-refractivity contribution in [2.45, 2.75) is 13.0 Å². The van der Waals surface area contributed by atoms with Gasteiger partial charge in [-0.05, 0) is 23.1 Å². The fraction of sp³-hybridized carbons (Fsp3) is 0.150. The molecule has 1 N–H and O–H groups in total. The summed E-state index contributed by atoms with van der Waals surface area (Å²) in [6.07, 6.45) is 6.24. The summed E-state index contributed by atoms with van der Waals surface area (Å²) in [5.74, 6) is 0. The van der Waals surface area contributed by atoms with Crippen LogP contribution < -0.4 is 5.32 Å². The third kappa shape index (κ3) is 5.83. The van der Waals surface area contributed by atoms with E-state index in [1.54, 1.807) is 0 Å². The fourth-order valence-electron chi connectivity index (χ4n) is 2.09. The van der Waals surface area contributed by atoms with Gasteiger partial charge in [0.15, 0.2) is 0 Å². The first kappa shape index (κ1) is 16.6. The van der Waals surface area contributed by atoms with Gasteiger partial charge in [-0.25, -0.2) is 4.79 Å². The molecule has 1 amide bonds. The molecule has 0 atom stereocenters. The SMILES string of the molecule is C=Cc1ccccc1C=CCCNC(=O)OCc1ccccc1. The summed E-state index contributed by atoms with van der Waals surface area (Å²) in [6.45, 7) is 4.63. The summed E-state index contributed by atoms with van der Waals surface area (Å²) in [5.41, 5.74) is 3.19. The van der Waals surface area contributed by atoms with Crippen LogP contribution >= 0.6 is 0 Å². The molecule has 2 rings (SSSR count). The van der Waals surface area contributed by atoms with Gasteiger partial charge >= 0.3 is 6.09 Å². The molecule has 0 spiro atoms. The van der Waals surface area contributed by atoms with Crippen LogP contribution in [0.15, 0.2) is 67.3 Å². The second-order valence-corrected chi connectivity index (χ2v) is 5.01. The van der Waals surface area contributed by atoms with Crippen LogP contribution in [0.5, 0.6) is 0 Å². The van der Waals surface area contributed by atoms with Crippen molar-refractivity contribution in [1.82, 2.24) is 5.32 Å². The van der Waals surface area contributed by atoms with E-state index in [4.69, 9.17) is 4.74 Å². The fourth-order valence-corrected chi connectivity index (χ4v) is 2.09. The third-order valence-corrected chi connectivity index (χ3v) is 3.31. The van der Waals surface area contributed by atoms with Gasteiger partial charge in [0.25, 0.3) is 0 Å². The lowest BCUT2D eigenvalue weighted by Crippen LogP contribution is -2.24. The molecule has 0 unspecified atom stereocenters. The Morgan fingerprint density at radius 3 is 2.48 bits per heavy atom. The van der Waals surface area contributed by atoms with Gasteiger partial charge in [0, 0.05) is 6.54 Å². The number of ether oxygens (including phenoxy) is 1. The summed E-state index contributed by atoms with van der Waals surface area (Å²) >= 11 is 0. The minimum absolute atomic E-state index is 0.287. The molecule has 0 fully saturated rings. The van der Waals surface area contributed by atoms with Crippen LogP contribution in [0.1, 0.15) is 23.1 Å². The molecular formula is C20H21NO2. The Balaban J connectivity index is 1.67. The lowest BCUT2D eigenvalue weighted by Gasteiger charge is -2.06. The predicted molar refractivity (Wildman–Crippen MR) is 94.8 cm³/mol. The largest absolute Gasteiger partial charge is 0.445 e. The molecule has 118 valence electrons. The van der Waals surface area contributed by atoms with Crippen LogP contribution in [0.25, 0.3) is 12.2 Å². The Morgan fingerprint density at radius 1 is 1.04 bits per heavy atom. The zero-order valence-corrected chi connectivity index (χ0v) is 13.1. The average molecular weight is 307 g/mol. The molecule has 0 bridgehead atoms. The molecule has 23 heavy (non-hydrogen) atoms. The molecule has 0 aliphatic carbocycles. The topological polar surface area (TPSA) is 38.3 Å². The third-order valence-electron chi connectivity index (χ3n) is 3.31. The number of amides is 1. The second kappa shape index (κ2) is 9.26. The quantitative estimate of drug-likeness (QED) is 0.756. The Morgan fingerprint density at radius 2 is 1.74 bits per heavy atom. The minimum atomic E-state index is -0.395. The molecule has 0 heterocycles. The van der Waals surface area contributed by atoms with Crippen LogP contribution in [0, 0.1) is 0 Å². The molecular weight excluding hydrogens is 286 g/mol. The van der Waals surface area contributed by atoms with Crippen molar-refractivity contribution in [1.29, 1.82) is 0 Å². The number of hydrogen-bond donors (Lipinski definition) is 1. The van der Waals surface area contributed by atoms with Gasteiger partial charge in [0.05, 0.1) is 0 Å². The summed E-state index contributed by atoms with van der Waals surface area (Å²) < 4.78 is 5.14. The van der Waals surface area contributed by atoms with Crippen molar-refractivity contribution in [2.75, 3.05) is 6.54 Å². The normalized spacial score (nSPS) is 10.4. The molecule has 2 aromatic rings. The van der Waals surface area contributed by atoms with Crippen molar-refractivity contribution in [2.24, 2.45) is 0 Å². The highest BCUT2D eigenvalue weighted by Crippen LogP contribution is 2.11. The lowest BCUT2D eigenvalue weighted by atomic mass is 10.1. The number of hydrogen-bond acceptors (Lipinski definition) is 2. The summed E-state index contributed by atoms with van der Waals surface area (Å²) in [5, 5.41) is 2.74. The summed E-state index contributed by atoms with van der Waals surface area (Å²) in [4.78, 5) is 11.6. The van der Waals surface area contributed by atoms with E-state index in [0.717, 1.165) is 23.1 Å². The maximum Gasteiger partial charge on any atom is 0.407 e. The zero-order chi connectivity index (χ0) is 16.3. The second-order valence-electron chi connectivity index (χ2n) is 5.01. The number of rotatable bonds is 7. The Bertz CT molecular complexity index is 662. The van der Waals surface area contributed by atoms with E-state index in [1.807, 2.05) is 72.8 Å². The number of carbonyl (C=O) groups excluding carboxylic acids is 1. The molecule has 0 aromatic heterocycles. The van der Waals surface area contributed by atoms with Crippen LogP contribution in [-0.4, -0.2) is 12.6 Å². The molecule has 3 nitrogen and oxygen atoms in total. The molecule has 3 heteroatoms. The Labute approximate surface area is 137 Å². The van der Waals surface area contributed by atoms with E-state index in [2.05, 4.69) is 11.9 Å². The molecule has 0 saturated carbocycles. The molecule has 2 aromatic carbocycles. The standard InChI is InChI=1S/C20H21NO2/c1-2-18-12-6-7-13-19(18)14-8-9-15-21-20(22)23-16-17-10-4-3-5-11-17/h2-8,10-14H,1,9,15-16H2,(H,21,22). The van der Waals surface area contributed by atoms with Crippen LogP contribution in [0.4, 0.5) is 4.79 Å². The van der Waals surface area contributed by atoms with E-state index in [1.165, 1.54) is 0 Å². The number of carbonyl (C=O) groups is 1. The Hall–Kier alpha value is -2.81. The van der Waals surface area contributed by atoms with Gasteiger partial charge in [0.2, 0.25) is 0 Å². The van der Waals surface area contributed by atoms with Gasteiger partial charge in [-0.2, -0.15) is 0 Å². The Kier molecular flexibility index (Phi) is 6.66. The van der Waals surface area contributed by atoms with Crippen molar-refractivity contribution >= 4 is 18.2 Å². The van der Waals surface area contributed by atoms with E-state index in [0.29, 0.717) is 6.54 Å². The molecule has 0 radical (unpaired) electrons. The van der Waals surface area contributed by atoms with Crippen molar-refractivity contribution in [3.05, 3.63) is 83.9 Å². The predicted octanol–water partition coefficient (Wildman–Crippen LogP) is 4.66. The van der Waals surface area contributed by atoms with Crippen LogP contribution in [0.2, 0.25) is 0 Å². The van der Waals surface area contributed by atoms with Crippen molar-refractivity contribution < 1.29 is 9.53 Å². The van der Waals surface area contributed by atoms with Gasteiger partial charge in [-0.1, -0.05) is 79.4 Å². The monoisotopic (exact) mass is 307 g/mol. The average Bonchev–Trinajstić information content (AvgIpc) is 2.61. The smallest absolute Gasteiger partial charge is 0.407 e. The molecule has 0 aliphatic heterocycles. The van der Waals surface area contributed by atoms with Gasteiger partial charge in [-0.3, -0.25) is 0 Å².